The summed E-state index contributed by atoms with van der Waals surface area (Å²) in [5, 5.41) is 13.9. The Balaban J connectivity index is 2.15. The second kappa shape index (κ2) is 5.69. The summed E-state index contributed by atoms with van der Waals surface area (Å²) in [6.07, 6.45) is 0. The molecule has 0 heterocycles. The predicted molar refractivity (Wildman–Crippen MR) is 76.3 cm³/mol. The molecule has 0 saturated heterocycles. The number of non-ortho nitro benzene ring substituents is 1. The molecule has 0 aliphatic carbocycles. The first-order chi connectivity index (χ1) is 9.47. The van der Waals surface area contributed by atoms with Gasteiger partial charge in [0, 0.05) is 24.4 Å². The minimum absolute atomic E-state index is 0.0494. The van der Waals surface area contributed by atoms with Gasteiger partial charge in [0.05, 0.1) is 4.92 Å². The maximum absolute atomic E-state index is 13.2. The lowest BCUT2D eigenvalue weighted by Crippen LogP contribution is -2.02. The molecule has 4 nitrogen and oxygen atoms in total. The highest BCUT2D eigenvalue weighted by Gasteiger charge is 2.08. The molecule has 0 aromatic heterocycles. The maximum Gasteiger partial charge on any atom is 0.271 e. The molecule has 0 aliphatic heterocycles. The molecule has 0 atom stereocenters. The smallest absolute Gasteiger partial charge is 0.271 e. The Morgan fingerprint density at radius 2 is 1.90 bits per heavy atom. The van der Waals surface area contributed by atoms with Gasteiger partial charge in [0.1, 0.15) is 5.82 Å². The van der Waals surface area contributed by atoms with Gasteiger partial charge in [-0.15, -0.1) is 0 Å². The van der Waals surface area contributed by atoms with Crippen molar-refractivity contribution in [1.29, 1.82) is 0 Å². The van der Waals surface area contributed by atoms with E-state index in [1.165, 1.54) is 18.2 Å². The zero-order valence-electron chi connectivity index (χ0n) is 11.3. The third-order valence-electron chi connectivity index (χ3n) is 3.14. The topological polar surface area (TPSA) is 55.2 Å². The zero-order valence-corrected chi connectivity index (χ0v) is 11.3. The Labute approximate surface area is 116 Å². The molecule has 0 radical (unpaired) electrons. The van der Waals surface area contributed by atoms with Crippen molar-refractivity contribution in [2.45, 2.75) is 20.4 Å². The van der Waals surface area contributed by atoms with Crippen LogP contribution in [-0.2, 0) is 6.54 Å². The van der Waals surface area contributed by atoms with Crippen molar-refractivity contribution in [3.63, 3.8) is 0 Å². The Kier molecular flexibility index (Phi) is 3.98. The maximum atomic E-state index is 13.2. The van der Waals surface area contributed by atoms with E-state index in [2.05, 4.69) is 5.32 Å². The van der Waals surface area contributed by atoms with Crippen LogP contribution in [0.3, 0.4) is 0 Å². The van der Waals surface area contributed by atoms with Crippen LogP contribution in [0, 0.1) is 29.8 Å². The van der Waals surface area contributed by atoms with E-state index in [9.17, 15) is 14.5 Å². The van der Waals surface area contributed by atoms with Crippen molar-refractivity contribution in [3.8, 4) is 0 Å². The van der Waals surface area contributed by atoms with Gasteiger partial charge in [0.15, 0.2) is 0 Å². The van der Waals surface area contributed by atoms with E-state index < -0.39 is 4.92 Å². The number of hydrogen-bond acceptors (Lipinski definition) is 3. The van der Waals surface area contributed by atoms with Crippen molar-refractivity contribution >= 4 is 11.4 Å². The quantitative estimate of drug-likeness (QED) is 0.678. The number of benzene rings is 2. The van der Waals surface area contributed by atoms with Gasteiger partial charge in [-0.2, -0.15) is 0 Å². The summed E-state index contributed by atoms with van der Waals surface area (Å²) >= 11 is 0. The lowest BCUT2D eigenvalue weighted by atomic mass is 10.1. The minimum Gasteiger partial charge on any atom is -0.381 e. The van der Waals surface area contributed by atoms with Crippen LogP contribution < -0.4 is 5.32 Å². The third-order valence-corrected chi connectivity index (χ3v) is 3.14. The first kappa shape index (κ1) is 14.0. The van der Waals surface area contributed by atoms with Crippen molar-refractivity contribution in [1.82, 2.24) is 0 Å². The molecule has 2 rings (SSSR count). The highest BCUT2D eigenvalue weighted by atomic mass is 19.1. The lowest BCUT2D eigenvalue weighted by molar-refractivity contribution is -0.384. The molecule has 0 aliphatic rings. The summed E-state index contributed by atoms with van der Waals surface area (Å²) in [5.74, 6) is -0.236. The molecule has 104 valence electrons. The first-order valence-electron chi connectivity index (χ1n) is 6.21. The molecule has 0 amide bonds. The molecule has 0 fully saturated rings. The van der Waals surface area contributed by atoms with Gasteiger partial charge in [0.2, 0.25) is 0 Å². The van der Waals surface area contributed by atoms with E-state index in [0.29, 0.717) is 17.8 Å². The number of hydrogen-bond donors (Lipinski definition) is 1. The number of anilines is 1. The fraction of sp³-hybridized carbons (Fsp3) is 0.200. The Bertz CT molecular complexity index is 656. The van der Waals surface area contributed by atoms with Crippen LogP contribution >= 0.6 is 0 Å². The number of nitro benzene ring substituents is 1. The van der Waals surface area contributed by atoms with E-state index in [0.717, 1.165) is 11.1 Å². The fourth-order valence-electron chi connectivity index (χ4n) is 1.93. The molecule has 5 heteroatoms. The molecule has 2 aromatic carbocycles. The molecule has 0 unspecified atom stereocenters. The molecule has 0 saturated carbocycles. The van der Waals surface area contributed by atoms with E-state index in [1.807, 2.05) is 6.92 Å². The third kappa shape index (κ3) is 3.12. The Morgan fingerprint density at radius 3 is 2.55 bits per heavy atom. The van der Waals surface area contributed by atoms with E-state index in [1.54, 1.807) is 25.1 Å². The summed E-state index contributed by atoms with van der Waals surface area (Å²) in [6.45, 7) is 4.07. The van der Waals surface area contributed by atoms with Gasteiger partial charge in [-0.05, 0) is 36.6 Å². The van der Waals surface area contributed by atoms with Crippen molar-refractivity contribution in [3.05, 3.63) is 69.0 Å². The number of nitrogens with zero attached hydrogens (tertiary/aromatic N) is 1. The highest BCUT2D eigenvalue weighted by molar-refractivity contribution is 5.57. The number of rotatable bonds is 4. The van der Waals surface area contributed by atoms with Crippen LogP contribution in [-0.4, -0.2) is 4.92 Å². The van der Waals surface area contributed by atoms with Gasteiger partial charge in [0.25, 0.3) is 5.69 Å². The van der Waals surface area contributed by atoms with Crippen molar-refractivity contribution < 1.29 is 9.31 Å². The lowest BCUT2D eigenvalue weighted by Gasteiger charge is -2.10. The summed E-state index contributed by atoms with van der Waals surface area (Å²) < 4.78 is 13.2. The van der Waals surface area contributed by atoms with Crippen LogP contribution in [0.2, 0.25) is 0 Å². The van der Waals surface area contributed by atoms with Crippen LogP contribution in [0.25, 0.3) is 0 Å². The number of aryl methyl sites for hydroxylation is 2. The number of nitrogens with one attached hydrogen (secondary N) is 1. The van der Waals surface area contributed by atoms with Gasteiger partial charge < -0.3 is 5.32 Å². The van der Waals surface area contributed by atoms with Gasteiger partial charge in [-0.25, -0.2) is 4.39 Å². The minimum atomic E-state index is -0.424. The van der Waals surface area contributed by atoms with E-state index in [-0.39, 0.29) is 11.5 Å². The molecule has 20 heavy (non-hydrogen) atoms. The summed E-state index contributed by atoms with van der Waals surface area (Å²) in [4.78, 5) is 10.3. The van der Waals surface area contributed by atoms with Gasteiger partial charge in [-0.3, -0.25) is 10.1 Å². The predicted octanol–water partition coefficient (Wildman–Crippen LogP) is 3.96. The SMILES string of the molecule is Cc1cc(CNc2cc([N+](=O)[O-])ccc2C)ccc1F. The van der Waals surface area contributed by atoms with Gasteiger partial charge in [-0.1, -0.05) is 18.2 Å². The highest BCUT2D eigenvalue weighted by Crippen LogP contribution is 2.22. The molecule has 0 spiro atoms. The summed E-state index contributed by atoms with van der Waals surface area (Å²) in [6, 6.07) is 9.56. The zero-order chi connectivity index (χ0) is 14.7. The largest absolute Gasteiger partial charge is 0.381 e. The average molecular weight is 274 g/mol. The standard InChI is InChI=1S/C15H15FN2O2/c1-10-3-5-13(18(19)20)8-15(10)17-9-12-4-6-14(16)11(2)7-12/h3-8,17H,9H2,1-2H3. The monoisotopic (exact) mass is 274 g/mol. The Hall–Kier alpha value is -2.43. The average Bonchev–Trinajstić information content (AvgIpc) is 2.41. The molecular formula is C15H15FN2O2. The number of nitro groups is 1. The van der Waals surface area contributed by atoms with E-state index >= 15 is 0 Å². The summed E-state index contributed by atoms with van der Waals surface area (Å²) in [5.41, 5.74) is 3.19. The van der Waals surface area contributed by atoms with Gasteiger partial charge >= 0.3 is 0 Å². The second-order valence-electron chi connectivity index (χ2n) is 4.69. The van der Waals surface area contributed by atoms with E-state index in [4.69, 9.17) is 0 Å². The normalized spacial score (nSPS) is 10.3. The van der Waals surface area contributed by atoms with Crippen LogP contribution in [0.4, 0.5) is 15.8 Å². The summed E-state index contributed by atoms with van der Waals surface area (Å²) in [7, 11) is 0. The van der Waals surface area contributed by atoms with Crippen LogP contribution in [0.1, 0.15) is 16.7 Å². The molecule has 0 bridgehead atoms. The van der Waals surface area contributed by atoms with Crippen LogP contribution in [0.5, 0.6) is 0 Å². The molecule has 1 N–H and O–H groups in total. The Morgan fingerprint density at radius 1 is 1.15 bits per heavy atom. The van der Waals surface area contributed by atoms with Crippen molar-refractivity contribution in [2.75, 3.05) is 5.32 Å². The number of halogens is 1. The second-order valence-corrected chi connectivity index (χ2v) is 4.69. The van der Waals surface area contributed by atoms with Crippen molar-refractivity contribution in [2.24, 2.45) is 0 Å². The molecule has 2 aromatic rings. The van der Waals surface area contributed by atoms with Crippen LogP contribution in [0.15, 0.2) is 36.4 Å². The molecular weight excluding hydrogens is 259 g/mol. The fourth-order valence-corrected chi connectivity index (χ4v) is 1.93. The first-order valence-corrected chi connectivity index (χ1v) is 6.21.